The number of carbonyl (C=O) groups excluding carboxylic acids is 1. The first kappa shape index (κ1) is 28.8. The molecule has 1 rings (SSSR count). The summed E-state index contributed by atoms with van der Waals surface area (Å²) in [7, 11) is 0. The highest BCUT2D eigenvalue weighted by molar-refractivity contribution is 5.95. The van der Waals surface area contributed by atoms with Gasteiger partial charge in [-0.1, -0.05) is 18.6 Å². The van der Waals surface area contributed by atoms with Gasteiger partial charge in [0.25, 0.3) is 5.91 Å². The van der Waals surface area contributed by atoms with Crippen molar-refractivity contribution >= 4 is 5.91 Å². The maximum Gasteiger partial charge on any atom is 0.255 e. The number of aliphatic hydroxyl groups is 1. The molecule has 0 aliphatic rings. The number of nitrogens with zero attached hydrogens (tertiary/aromatic N) is 2. The second-order valence-electron chi connectivity index (χ2n) is 7.66. The van der Waals surface area contributed by atoms with E-state index in [0.29, 0.717) is 41.2 Å². The highest BCUT2D eigenvalue weighted by Crippen LogP contribution is 2.11. The molecule has 0 spiro atoms. The molecule has 1 heterocycles. The van der Waals surface area contributed by atoms with Gasteiger partial charge in [0.15, 0.2) is 0 Å². The SMILES string of the molecule is C/C=C\C(F)=C/Cc1nc(C)ccc(C(=O)N/C(C)=C/C(F)=C\C)ccnc1CCCCCO. The molecule has 184 valence electrons. The van der Waals surface area contributed by atoms with Gasteiger partial charge in [-0.15, -0.1) is 0 Å². The van der Waals surface area contributed by atoms with Gasteiger partial charge >= 0.3 is 0 Å². The van der Waals surface area contributed by atoms with Crippen molar-refractivity contribution in [3.63, 3.8) is 0 Å². The lowest BCUT2D eigenvalue weighted by atomic mass is 10.1. The fourth-order valence-corrected chi connectivity index (χ4v) is 2.97. The second-order valence-corrected chi connectivity index (χ2v) is 7.66. The molecule has 1 aromatic rings. The Morgan fingerprint density at radius 2 is 1.85 bits per heavy atom. The van der Waals surface area contributed by atoms with Crippen LogP contribution in [0.1, 0.15) is 67.5 Å². The molecule has 0 radical (unpaired) electrons. The van der Waals surface area contributed by atoms with Crippen molar-refractivity contribution in [2.45, 2.75) is 59.8 Å². The third-order valence-corrected chi connectivity index (χ3v) is 4.72. The minimum Gasteiger partial charge on any atom is -0.396 e. The van der Waals surface area contributed by atoms with Crippen LogP contribution >= 0.6 is 0 Å². The summed E-state index contributed by atoms with van der Waals surface area (Å²) in [4.78, 5) is 21.8. The minimum atomic E-state index is -0.443. The number of hydrogen-bond acceptors (Lipinski definition) is 4. The molecule has 0 atom stereocenters. The summed E-state index contributed by atoms with van der Waals surface area (Å²) >= 11 is 0. The molecule has 0 saturated carbocycles. The Labute approximate surface area is 201 Å². The van der Waals surface area contributed by atoms with Crippen molar-refractivity contribution in [2.24, 2.45) is 0 Å². The number of nitrogens with one attached hydrogen (secondary N) is 1. The van der Waals surface area contributed by atoms with Gasteiger partial charge in [-0.05, 0) is 83.4 Å². The van der Waals surface area contributed by atoms with Crippen molar-refractivity contribution in [1.29, 1.82) is 0 Å². The van der Waals surface area contributed by atoms with Gasteiger partial charge in [0.2, 0.25) is 0 Å². The summed E-state index contributed by atoms with van der Waals surface area (Å²) in [6.45, 7) is 6.83. The molecule has 0 saturated heterocycles. The normalized spacial score (nSPS) is 12.6. The highest BCUT2D eigenvalue weighted by Gasteiger charge is 2.07. The maximum absolute atomic E-state index is 13.9. The maximum atomic E-state index is 13.9. The first-order valence-corrected chi connectivity index (χ1v) is 11.4. The van der Waals surface area contributed by atoms with Crippen LogP contribution in [0.25, 0.3) is 0 Å². The van der Waals surface area contributed by atoms with E-state index < -0.39 is 11.7 Å². The summed E-state index contributed by atoms with van der Waals surface area (Å²) in [6.07, 6.45) is 11.7. The minimum absolute atomic E-state index is 0.127. The topological polar surface area (TPSA) is 75.1 Å². The standard InChI is InChI=1S/C27H35F2N3O2/c1-5-10-24(29)14-15-26-25(11-8-7-9-18-33)30-17-16-22(13-12-20(3)31-26)27(34)32-21(4)19-23(28)6-2/h5-6,10,12-14,16-17,19,33H,7-9,11,15,18H2,1-4H3,(H,32,34)/b10-5-,13-12?,17-16?,20-12?,21-19+,22-13?,22-16?,23-6+,24-14+,26-25?,30-17?,30-25?,31-20?,31-26?. The van der Waals surface area contributed by atoms with E-state index in [1.165, 1.54) is 30.5 Å². The van der Waals surface area contributed by atoms with E-state index in [2.05, 4.69) is 15.3 Å². The van der Waals surface area contributed by atoms with Crippen LogP contribution in [-0.2, 0) is 12.8 Å². The van der Waals surface area contributed by atoms with E-state index in [0.717, 1.165) is 12.8 Å². The van der Waals surface area contributed by atoms with Crippen LogP contribution in [0.15, 0.2) is 72.1 Å². The molecule has 0 bridgehead atoms. The third kappa shape index (κ3) is 11.6. The number of carbonyl (C=O) groups is 1. The van der Waals surface area contributed by atoms with Crippen LogP contribution in [0.3, 0.4) is 0 Å². The summed E-state index contributed by atoms with van der Waals surface area (Å²) in [5, 5.41) is 11.7. The van der Waals surface area contributed by atoms with Gasteiger partial charge in [0, 0.05) is 36.2 Å². The Hall–Kier alpha value is -3.19. The third-order valence-electron chi connectivity index (χ3n) is 4.72. The van der Waals surface area contributed by atoms with Crippen LogP contribution in [0.4, 0.5) is 8.78 Å². The monoisotopic (exact) mass is 471 g/mol. The van der Waals surface area contributed by atoms with Gasteiger partial charge in [-0.2, -0.15) is 0 Å². The largest absolute Gasteiger partial charge is 0.396 e. The number of aliphatic hydroxyl groups excluding tert-OH is 1. The first-order chi connectivity index (χ1) is 16.3. The predicted molar refractivity (Wildman–Crippen MR) is 133 cm³/mol. The molecule has 0 aliphatic heterocycles. The van der Waals surface area contributed by atoms with Gasteiger partial charge in [0.05, 0.1) is 11.4 Å². The molecule has 2 N–H and O–H groups in total. The van der Waals surface area contributed by atoms with Gasteiger partial charge in [-0.25, -0.2) is 8.78 Å². The lowest BCUT2D eigenvalue weighted by molar-refractivity contribution is 0.0966. The lowest BCUT2D eigenvalue weighted by Crippen LogP contribution is -2.21. The Bertz CT molecular complexity index is 997. The molecule has 5 nitrogen and oxygen atoms in total. The summed E-state index contributed by atoms with van der Waals surface area (Å²) in [5.41, 5.74) is 2.67. The molecule has 34 heavy (non-hydrogen) atoms. The summed E-state index contributed by atoms with van der Waals surface area (Å²) in [6, 6.07) is 4.89. The van der Waals surface area contributed by atoms with Crippen LogP contribution in [0.5, 0.6) is 0 Å². The number of halogens is 2. The van der Waals surface area contributed by atoms with Crippen molar-refractivity contribution in [1.82, 2.24) is 15.3 Å². The number of allylic oxidation sites excluding steroid dienone is 8. The van der Waals surface area contributed by atoms with E-state index in [1.807, 2.05) is 0 Å². The molecule has 1 aromatic heterocycles. The number of amides is 1. The lowest BCUT2D eigenvalue weighted by Gasteiger charge is -2.06. The number of hydrogen-bond donors (Lipinski definition) is 2. The van der Waals surface area contributed by atoms with Crippen molar-refractivity contribution in [3.05, 3.63) is 94.8 Å². The molecule has 0 aliphatic carbocycles. The fraction of sp³-hybridized carbons (Fsp3) is 0.370. The smallest absolute Gasteiger partial charge is 0.255 e. The fourth-order valence-electron chi connectivity index (χ4n) is 2.97. The van der Waals surface area contributed by atoms with Crippen LogP contribution < -0.4 is 5.32 Å². The average Bonchev–Trinajstić information content (AvgIpc) is 2.80. The Morgan fingerprint density at radius 3 is 2.53 bits per heavy atom. The molecule has 0 aromatic carbocycles. The quantitative estimate of drug-likeness (QED) is 0.302. The van der Waals surface area contributed by atoms with E-state index in [4.69, 9.17) is 5.11 Å². The van der Waals surface area contributed by atoms with E-state index in [9.17, 15) is 13.6 Å². The summed E-state index contributed by atoms with van der Waals surface area (Å²) < 4.78 is 27.4. The van der Waals surface area contributed by atoms with Crippen LogP contribution in [0, 0.1) is 6.92 Å². The zero-order valence-electron chi connectivity index (χ0n) is 20.4. The van der Waals surface area contributed by atoms with Crippen molar-refractivity contribution < 1.29 is 18.7 Å². The van der Waals surface area contributed by atoms with Crippen LogP contribution in [-0.4, -0.2) is 27.6 Å². The van der Waals surface area contributed by atoms with Gasteiger partial charge in [-0.3, -0.25) is 14.8 Å². The van der Waals surface area contributed by atoms with E-state index >= 15 is 0 Å². The van der Waals surface area contributed by atoms with Gasteiger partial charge < -0.3 is 10.4 Å². The summed E-state index contributed by atoms with van der Waals surface area (Å²) in [5.74, 6) is -1.20. The van der Waals surface area contributed by atoms with E-state index in [-0.39, 0.29) is 18.9 Å². The van der Waals surface area contributed by atoms with Gasteiger partial charge in [0.1, 0.15) is 11.7 Å². The number of unbranched alkanes of at least 4 members (excludes halogenated alkanes) is 2. The Morgan fingerprint density at radius 1 is 1.09 bits per heavy atom. The zero-order valence-corrected chi connectivity index (χ0v) is 20.4. The van der Waals surface area contributed by atoms with Crippen LogP contribution in [0.2, 0.25) is 0 Å². The van der Waals surface area contributed by atoms with Crippen molar-refractivity contribution in [2.75, 3.05) is 6.61 Å². The molecular formula is C27H35F2N3O2. The molecular weight excluding hydrogens is 436 g/mol. The van der Waals surface area contributed by atoms with E-state index in [1.54, 1.807) is 52.0 Å². The second kappa shape index (κ2) is 16.4. The predicted octanol–water partition coefficient (Wildman–Crippen LogP) is 6.09. The highest BCUT2D eigenvalue weighted by atomic mass is 19.1. The Kier molecular flexibility index (Phi) is 13.9. The number of aromatic nitrogens is 2. The number of rotatable bonds is 11. The van der Waals surface area contributed by atoms with Crippen molar-refractivity contribution in [3.8, 4) is 0 Å². The molecule has 0 fully saturated rings. The Balaban J connectivity index is 3.40. The molecule has 7 heteroatoms. The average molecular weight is 472 g/mol. The number of aryl methyl sites for hydroxylation is 2. The molecule has 0 unspecified atom stereocenters. The zero-order chi connectivity index (χ0) is 25.3. The first-order valence-electron chi connectivity index (χ1n) is 11.4. The molecule has 1 amide bonds.